The van der Waals surface area contributed by atoms with Crippen LogP contribution in [0.15, 0.2) is 48.8 Å². The molecule has 2 N–H and O–H groups in total. The number of amides is 1. The van der Waals surface area contributed by atoms with Crippen molar-refractivity contribution in [3.05, 3.63) is 60.2 Å². The summed E-state index contributed by atoms with van der Waals surface area (Å²) in [7, 11) is 0. The lowest BCUT2D eigenvalue weighted by molar-refractivity contribution is -0.139. The zero-order valence-electron chi connectivity index (χ0n) is 11.7. The molecule has 7 nitrogen and oxygen atoms in total. The van der Waals surface area contributed by atoms with E-state index in [9.17, 15) is 9.59 Å². The Morgan fingerprint density at radius 2 is 1.82 bits per heavy atom. The Balaban J connectivity index is 1.88. The first-order valence-corrected chi connectivity index (χ1v) is 6.61. The number of benzene rings is 1. The molecule has 0 bridgehead atoms. The number of aliphatic carboxylic acids is 1. The topological polar surface area (TPSA) is 101 Å². The van der Waals surface area contributed by atoms with Crippen molar-refractivity contribution in [3.63, 3.8) is 0 Å². The molecule has 1 atom stereocenters. The van der Waals surface area contributed by atoms with Crippen LogP contribution in [0.1, 0.15) is 11.4 Å². The van der Waals surface area contributed by atoms with Crippen LogP contribution in [-0.4, -0.2) is 33.2 Å². The summed E-state index contributed by atoms with van der Waals surface area (Å²) in [5.41, 5.74) is 0.816. The fourth-order valence-electron chi connectivity index (χ4n) is 1.73. The Labute approximate surface area is 127 Å². The number of ether oxygens (including phenoxy) is 1. The summed E-state index contributed by atoms with van der Waals surface area (Å²) >= 11 is 0. The average molecular weight is 301 g/mol. The van der Waals surface area contributed by atoms with E-state index in [1.807, 2.05) is 18.2 Å². The molecular formula is C15H15N3O4. The minimum absolute atomic E-state index is 0.0173. The van der Waals surface area contributed by atoms with E-state index in [1.165, 1.54) is 12.4 Å². The first kappa shape index (κ1) is 15.4. The Morgan fingerprint density at radius 3 is 2.45 bits per heavy atom. The number of rotatable bonds is 6. The molecule has 0 aliphatic carbocycles. The molecule has 0 spiro atoms. The largest absolute Gasteiger partial charge is 0.480 e. The molecule has 1 aromatic carbocycles. The molecule has 2 aromatic rings. The Bertz CT molecular complexity index is 619. The molecule has 0 aliphatic heterocycles. The number of hydrogen-bond acceptors (Lipinski definition) is 5. The maximum absolute atomic E-state index is 11.7. The third-order valence-corrected chi connectivity index (χ3v) is 2.81. The molecule has 1 amide bonds. The number of carboxylic acid groups (broad SMARTS) is 1. The van der Waals surface area contributed by atoms with E-state index in [1.54, 1.807) is 18.2 Å². The highest BCUT2D eigenvalue weighted by Crippen LogP contribution is 2.02. The van der Waals surface area contributed by atoms with E-state index in [-0.39, 0.29) is 13.0 Å². The molecule has 0 saturated heterocycles. The van der Waals surface area contributed by atoms with Gasteiger partial charge in [0.15, 0.2) is 0 Å². The number of aromatic nitrogens is 2. The predicted octanol–water partition coefficient (Wildman–Crippen LogP) is 1.40. The van der Waals surface area contributed by atoms with Crippen molar-refractivity contribution in [2.75, 3.05) is 0 Å². The molecule has 7 heteroatoms. The van der Waals surface area contributed by atoms with Gasteiger partial charge in [0, 0.05) is 18.8 Å². The van der Waals surface area contributed by atoms with Gasteiger partial charge in [-0.3, -0.25) is 0 Å². The van der Waals surface area contributed by atoms with Crippen LogP contribution in [-0.2, 0) is 22.6 Å². The Morgan fingerprint density at radius 1 is 1.14 bits per heavy atom. The molecule has 0 radical (unpaired) electrons. The summed E-state index contributed by atoms with van der Waals surface area (Å²) in [6.45, 7) is 0.0703. The van der Waals surface area contributed by atoms with Crippen LogP contribution in [0.4, 0.5) is 4.79 Å². The lowest BCUT2D eigenvalue weighted by atomic mass is 10.2. The first-order chi connectivity index (χ1) is 10.6. The molecule has 0 aliphatic rings. The number of alkyl carbamates (subject to hydrolysis) is 1. The fourth-order valence-corrected chi connectivity index (χ4v) is 1.73. The van der Waals surface area contributed by atoms with Crippen molar-refractivity contribution < 1.29 is 19.4 Å². The number of carbonyl (C=O) groups excluding carboxylic acids is 1. The van der Waals surface area contributed by atoms with Crippen molar-refractivity contribution in [2.45, 2.75) is 19.1 Å². The van der Waals surface area contributed by atoms with Crippen LogP contribution < -0.4 is 5.32 Å². The van der Waals surface area contributed by atoms with Crippen molar-refractivity contribution >= 4 is 12.1 Å². The number of nitrogens with one attached hydrogen (secondary N) is 1. The van der Waals surface area contributed by atoms with Gasteiger partial charge in [-0.05, 0) is 11.6 Å². The van der Waals surface area contributed by atoms with E-state index >= 15 is 0 Å². The maximum atomic E-state index is 11.7. The summed E-state index contributed by atoms with van der Waals surface area (Å²) in [5, 5.41) is 11.4. The number of carbonyl (C=O) groups is 2. The van der Waals surface area contributed by atoms with Gasteiger partial charge in [-0.25, -0.2) is 19.6 Å². The first-order valence-electron chi connectivity index (χ1n) is 6.61. The summed E-state index contributed by atoms with van der Waals surface area (Å²) in [6, 6.07) is 9.59. The van der Waals surface area contributed by atoms with Crippen LogP contribution in [0.25, 0.3) is 0 Å². The van der Waals surface area contributed by atoms with Crippen LogP contribution in [0.2, 0.25) is 0 Å². The van der Waals surface area contributed by atoms with E-state index in [4.69, 9.17) is 9.84 Å². The Kier molecular flexibility index (Phi) is 5.42. The molecule has 0 saturated carbocycles. The van der Waals surface area contributed by atoms with E-state index in [0.717, 1.165) is 5.56 Å². The number of nitrogens with zero attached hydrogens (tertiary/aromatic N) is 2. The normalized spacial score (nSPS) is 11.5. The van der Waals surface area contributed by atoms with Crippen LogP contribution in [0.5, 0.6) is 0 Å². The van der Waals surface area contributed by atoms with E-state index in [2.05, 4.69) is 15.3 Å². The quantitative estimate of drug-likeness (QED) is 0.836. The van der Waals surface area contributed by atoms with Crippen molar-refractivity contribution in [1.29, 1.82) is 0 Å². The molecule has 1 heterocycles. The fraction of sp³-hybridized carbons (Fsp3) is 0.200. The molecule has 1 aromatic heterocycles. The van der Waals surface area contributed by atoms with Crippen molar-refractivity contribution in [2.24, 2.45) is 0 Å². The van der Waals surface area contributed by atoms with Gasteiger partial charge < -0.3 is 15.2 Å². The highest BCUT2D eigenvalue weighted by atomic mass is 16.5. The van der Waals surface area contributed by atoms with E-state index in [0.29, 0.717) is 5.82 Å². The maximum Gasteiger partial charge on any atom is 0.408 e. The minimum atomic E-state index is -1.18. The molecule has 0 unspecified atom stereocenters. The summed E-state index contributed by atoms with van der Waals surface area (Å²) in [4.78, 5) is 30.7. The van der Waals surface area contributed by atoms with Crippen LogP contribution in [0, 0.1) is 0 Å². The predicted molar refractivity (Wildman–Crippen MR) is 76.9 cm³/mol. The standard InChI is InChI=1S/C15H15N3O4/c19-14(20)12(9-13-16-7-4-8-17-13)18-15(21)22-10-11-5-2-1-3-6-11/h1-8,12H,9-10H2,(H,18,21)(H,19,20)/t12-/m0/s1. The van der Waals surface area contributed by atoms with Gasteiger partial charge in [0.05, 0.1) is 0 Å². The van der Waals surface area contributed by atoms with Gasteiger partial charge in [0.1, 0.15) is 18.5 Å². The molecule has 114 valence electrons. The molecule has 2 rings (SSSR count). The van der Waals surface area contributed by atoms with E-state index < -0.39 is 18.1 Å². The second-order valence-electron chi connectivity index (χ2n) is 4.47. The lowest BCUT2D eigenvalue weighted by Crippen LogP contribution is -2.42. The molecule has 0 fully saturated rings. The number of hydrogen-bond donors (Lipinski definition) is 2. The monoisotopic (exact) mass is 301 g/mol. The van der Waals surface area contributed by atoms with Crippen molar-refractivity contribution in [3.8, 4) is 0 Å². The minimum Gasteiger partial charge on any atom is -0.480 e. The van der Waals surface area contributed by atoms with Gasteiger partial charge in [0.2, 0.25) is 0 Å². The smallest absolute Gasteiger partial charge is 0.408 e. The summed E-state index contributed by atoms with van der Waals surface area (Å²) in [6.07, 6.45) is 2.20. The van der Waals surface area contributed by atoms with Gasteiger partial charge in [0.25, 0.3) is 0 Å². The number of carboxylic acids is 1. The SMILES string of the molecule is O=C(N[C@@H](Cc1ncccn1)C(=O)O)OCc1ccccc1. The second kappa shape index (κ2) is 7.72. The summed E-state index contributed by atoms with van der Waals surface area (Å²) in [5.74, 6) is -0.845. The highest BCUT2D eigenvalue weighted by Gasteiger charge is 2.22. The average Bonchev–Trinajstić information content (AvgIpc) is 2.54. The van der Waals surface area contributed by atoms with Crippen LogP contribution >= 0.6 is 0 Å². The lowest BCUT2D eigenvalue weighted by Gasteiger charge is -2.13. The Hall–Kier alpha value is -2.96. The third kappa shape index (κ3) is 4.86. The summed E-state index contributed by atoms with van der Waals surface area (Å²) < 4.78 is 4.99. The second-order valence-corrected chi connectivity index (χ2v) is 4.47. The molecular weight excluding hydrogens is 286 g/mol. The zero-order chi connectivity index (χ0) is 15.8. The van der Waals surface area contributed by atoms with Gasteiger partial charge in [-0.15, -0.1) is 0 Å². The van der Waals surface area contributed by atoms with Crippen LogP contribution in [0.3, 0.4) is 0 Å². The van der Waals surface area contributed by atoms with Crippen molar-refractivity contribution in [1.82, 2.24) is 15.3 Å². The molecule has 22 heavy (non-hydrogen) atoms. The van der Waals surface area contributed by atoms with Gasteiger partial charge >= 0.3 is 12.1 Å². The zero-order valence-corrected chi connectivity index (χ0v) is 11.7. The van der Waals surface area contributed by atoms with Gasteiger partial charge in [-0.1, -0.05) is 30.3 Å². The third-order valence-electron chi connectivity index (χ3n) is 2.81. The highest BCUT2D eigenvalue weighted by molar-refractivity contribution is 5.80. The van der Waals surface area contributed by atoms with Gasteiger partial charge in [-0.2, -0.15) is 0 Å².